The van der Waals surface area contributed by atoms with Gasteiger partial charge in [0.2, 0.25) is 5.91 Å². The first-order valence-electron chi connectivity index (χ1n) is 28.0. The standard InChI is InChI=1S/C32H37N5O3.C30H32N4O3.C3H8O/c1-7-37-29-13-12-27(22(4)31(29)33-34-37)28(18-30(38)35(5)40-6)24-11-10-23-14-15-36(19-26(23)17-24)32(39)25-9-8-20(2)21(3)16-25;1-5-34-27-11-10-25(20(4)29(27)31-32-34)26(16-28(35)36)22-9-8-21-12-13-33(17-24(21)15-22)30(37)23-7-6-18(2)19(3)14-23;1-3-4-2/h8-13,16-17,28H,7,14-15,18-19H2,1-6H3;6-11,14-15,26H,5,12-13,16-17H2,1-4H3,(H,35,36);3H2,1-2H3/t28-;26-;/m00./s1. The molecule has 4 heterocycles. The number of nitrogens with zero attached hydrogens (tertiary/aromatic N) is 9. The van der Waals surface area contributed by atoms with Crippen molar-refractivity contribution in [2.24, 2.45) is 0 Å². The molecule has 8 aromatic rings. The fourth-order valence-electron chi connectivity index (χ4n) is 11.0. The highest BCUT2D eigenvalue weighted by molar-refractivity contribution is 5.95. The van der Waals surface area contributed by atoms with Gasteiger partial charge in [0.25, 0.3) is 11.8 Å². The Balaban J connectivity index is 0.000000200. The van der Waals surface area contributed by atoms with E-state index in [1.807, 2.05) is 135 Å². The number of carbonyl (C=O) groups excluding carboxylic acids is 3. The monoisotopic (exact) mass is 1100 g/mol. The molecule has 16 heteroatoms. The molecule has 6 aromatic carbocycles. The fraction of sp³-hybridized carbons (Fsp3) is 0.385. The number of aliphatic carboxylic acids is 1. The summed E-state index contributed by atoms with van der Waals surface area (Å²) in [6.45, 7) is 22.9. The number of benzene rings is 6. The molecule has 0 fully saturated rings. The van der Waals surface area contributed by atoms with Crippen molar-refractivity contribution in [3.8, 4) is 0 Å². The molecule has 0 radical (unpaired) electrons. The third-order valence-electron chi connectivity index (χ3n) is 16.4. The van der Waals surface area contributed by atoms with Crippen molar-refractivity contribution in [2.75, 3.05) is 41.0 Å². The number of methoxy groups -OCH3 is 1. The van der Waals surface area contributed by atoms with Crippen molar-refractivity contribution < 1.29 is 33.9 Å². The molecule has 0 bridgehead atoms. The molecule has 10 rings (SSSR count). The molecule has 2 atom stereocenters. The average molecular weight is 1100 g/mol. The van der Waals surface area contributed by atoms with Crippen molar-refractivity contribution in [3.05, 3.63) is 186 Å². The Hall–Kier alpha value is -8.08. The van der Waals surface area contributed by atoms with Crippen molar-refractivity contribution in [1.82, 2.24) is 44.9 Å². The van der Waals surface area contributed by atoms with Gasteiger partial charge in [-0.15, -0.1) is 10.2 Å². The molecule has 81 heavy (non-hydrogen) atoms. The predicted octanol–water partition coefficient (Wildman–Crippen LogP) is 11.0. The number of hydroxylamine groups is 2. The first kappa shape index (κ1) is 59.1. The van der Waals surface area contributed by atoms with E-state index in [9.17, 15) is 24.3 Å². The van der Waals surface area contributed by atoms with Gasteiger partial charge in [0.05, 0.1) is 24.6 Å². The van der Waals surface area contributed by atoms with Crippen LogP contribution in [-0.4, -0.2) is 115 Å². The Bertz CT molecular complexity index is 3620. The first-order chi connectivity index (χ1) is 38.9. The maximum Gasteiger partial charge on any atom is 0.304 e. The van der Waals surface area contributed by atoms with E-state index in [2.05, 4.69) is 68.7 Å². The number of hydrogen-bond acceptors (Lipinski definition) is 10. The van der Waals surface area contributed by atoms with Gasteiger partial charge in [0, 0.05) is 89.4 Å². The lowest BCUT2D eigenvalue weighted by Gasteiger charge is -2.30. The summed E-state index contributed by atoms with van der Waals surface area (Å²) in [6.07, 6.45) is 1.79. The largest absolute Gasteiger partial charge is 0.481 e. The van der Waals surface area contributed by atoms with Crippen molar-refractivity contribution in [3.63, 3.8) is 0 Å². The van der Waals surface area contributed by atoms with E-state index in [0.29, 0.717) is 31.7 Å². The smallest absolute Gasteiger partial charge is 0.304 e. The van der Waals surface area contributed by atoms with Gasteiger partial charge in [0.15, 0.2) is 0 Å². The summed E-state index contributed by atoms with van der Waals surface area (Å²) in [5.74, 6) is -1.43. The van der Waals surface area contributed by atoms with Crippen molar-refractivity contribution in [2.45, 2.75) is 126 Å². The second-order valence-corrected chi connectivity index (χ2v) is 21.3. The maximum atomic E-state index is 13.4. The van der Waals surface area contributed by atoms with E-state index in [-0.39, 0.29) is 42.4 Å². The van der Waals surface area contributed by atoms with Gasteiger partial charge < -0.3 is 19.6 Å². The first-order valence-corrected chi connectivity index (χ1v) is 28.0. The van der Waals surface area contributed by atoms with Crippen molar-refractivity contribution >= 4 is 45.8 Å². The molecule has 0 saturated carbocycles. The summed E-state index contributed by atoms with van der Waals surface area (Å²) in [5, 5.41) is 28.4. The number of aromatic nitrogens is 6. The zero-order chi connectivity index (χ0) is 58.2. The van der Waals surface area contributed by atoms with E-state index in [1.54, 1.807) is 14.2 Å². The van der Waals surface area contributed by atoms with Gasteiger partial charge in [-0.05, 0) is 189 Å². The molecule has 1 N–H and O–H groups in total. The van der Waals surface area contributed by atoms with Gasteiger partial charge in [-0.25, -0.2) is 14.4 Å². The summed E-state index contributed by atoms with van der Waals surface area (Å²) in [4.78, 5) is 60.8. The molecule has 0 spiro atoms. The highest BCUT2D eigenvalue weighted by Crippen LogP contribution is 2.38. The van der Waals surface area contributed by atoms with E-state index in [1.165, 1.54) is 34.4 Å². The molecule has 0 aliphatic carbocycles. The third-order valence-corrected chi connectivity index (χ3v) is 16.4. The number of amides is 3. The normalized spacial score (nSPS) is 13.6. The SMILES string of the molecule is CCOC.CCn1nnc2c(C)c([C@@H](CC(=O)N(C)OC)c3ccc4c(c3)CN(C(=O)c3ccc(C)c(C)c3)CC4)ccc21.CCn1nnc2c(C)c([C@@H](CC(=O)O)c3ccc4c(c3)CN(C(=O)c3ccc(C)c(C)c3)CC4)ccc21. The van der Waals surface area contributed by atoms with E-state index in [0.717, 1.165) is 116 Å². The van der Waals surface area contributed by atoms with E-state index >= 15 is 0 Å². The molecular formula is C65H77N9O7. The molecular weight excluding hydrogens is 1020 g/mol. The van der Waals surface area contributed by atoms with Crippen LogP contribution in [0.15, 0.2) is 97.1 Å². The Morgan fingerprint density at radius 2 is 1.00 bits per heavy atom. The minimum atomic E-state index is -0.856. The number of hydrogen-bond donors (Lipinski definition) is 1. The summed E-state index contributed by atoms with van der Waals surface area (Å²) >= 11 is 0. The van der Waals surface area contributed by atoms with Crippen LogP contribution in [0.4, 0.5) is 0 Å². The lowest BCUT2D eigenvalue weighted by molar-refractivity contribution is -0.168. The number of rotatable bonds is 14. The summed E-state index contributed by atoms with van der Waals surface area (Å²) in [7, 11) is 4.80. The van der Waals surface area contributed by atoms with Gasteiger partial charge in [0.1, 0.15) is 11.0 Å². The lowest BCUT2D eigenvalue weighted by atomic mass is 9.83. The Labute approximate surface area is 475 Å². The van der Waals surface area contributed by atoms with Crippen LogP contribution >= 0.6 is 0 Å². The Kier molecular flexibility index (Phi) is 19.0. The van der Waals surface area contributed by atoms with Crippen molar-refractivity contribution in [1.29, 1.82) is 0 Å². The quantitative estimate of drug-likeness (QED) is 0.102. The maximum absolute atomic E-state index is 13.4. The summed E-state index contributed by atoms with van der Waals surface area (Å²) in [6, 6.07) is 32.6. The van der Waals surface area contributed by atoms with Gasteiger partial charge in [-0.1, -0.05) is 71.1 Å². The second kappa shape index (κ2) is 26.0. The van der Waals surface area contributed by atoms with Crippen LogP contribution in [0.3, 0.4) is 0 Å². The van der Waals surface area contributed by atoms with Crippen LogP contribution in [0.25, 0.3) is 22.1 Å². The zero-order valence-corrected chi connectivity index (χ0v) is 49.1. The molecule has 2 aliphatic rings. The van der Waals surface area contributed by atoms with Gasteiger partial charge in [-0.3, -0.25) is 24.0 Å². The third kappa shape index (κ3) is 12.9. The number of carbonyl (C=O) groups is 4. The van der Waals surface area contributed by atoms with E-state index in [4.69, 9.17) is 4.84 Å². The average Bonchev–Trinajstić information content (AvgIpc) is 4.32. The lowest BCUT2D eigenvalue weighted by Crippen LogP contribution is -2.36. The van der Waals surface area contributed by atoms with Crippen LogP contribution < -0.4 is 0 Å². The molecule has 16 nitrogen and oxygen atoms in total. The number of ether oxygens (including phenoxy) is 1. The van der Waals surface area contributed by atoms with Crippen LogP contribution in [-0.2, 0) is 58.2 Å². The van der Waals surface area contributed by atoms with Gasteiger partial charge >= 0.3 is 5.97 Å². The highest BCUT2D eigenvalue weighted by atomic mass is 16.7. The molecule has 2 aromatic heterocycles. The molecule has 2 aliphatic heterocycles. The molecule has 3 amide bonds. The fourth-order valence-corrected chi connectivity index (χ4v) is 11.0. The minimum Gasteiger partial charge on any atom is -0.481 e. The second-order valence-electron chi connectivity index (χ2n) is 21.3. The Morgan fingerprint density at radius 3 is 1.38 bits per heavy atom. The van der Waals surface area contributed by atoms with Crippen LogP contribution in [0.1, 0.15) is 144 Å². The predicted molar refractivity (Wildman–Crippen MR) is 315 cm³/mol. The molecule has 0 saturated heterocycles. The number of carboxylic acid groups (broad SMARTS) is 1. The number of fused-ring (bicyclic) bond motifs is 4. The van der Waals surface area contributed by atoms with Crippen LogP contribution in [0.2, 0.25) is 0 Å². The molecule has 0 unspecified atom stereocenters. The zero-order valence-electron chi connectivity index (χ0n) is 49.1. The topological polar surface area (TPSA) is 178 Å². The molecule has 424 valence electrons. The summed E-state index contributed by atoms with van der Waals surface area (Å²) < 4.78 is 8.27. The van der Waals surface area contributed by atoms with Crippen LogP contribution in [0, 0.1) is 41.5 Å². The highest BCUT2D eigenvalue weighted by Gasteiger charge is 2.29. The van der Waals surface area contributed by atoms with Crippen LogP contribution in [0.5, 0.6) is 0 Å². The van der Waals surface area contributed by atoms with Gasteiger partial charge in [-0.2, -0.15) is 0 Å². The number of carboxylic acids is 1. The number of aryl methyl sites for hydroxylation is 8. The summed E-state index contributed by atoms with van der Waals surface area (Å²) in [5.41, 5.74) is 20.1. The Morgan fingerprint density at radius 1 is 0.568 bits per heavy atom. The minimum absolute atomic E-state index is 0.0292. The van der Waals surface area contributed by atoms with E-state index < -0.39 is 5.97 Å².